The number of H-pyrrole nitrogens is 1. The van der Waals surface area contributed by atoms with E-state index in [1.807, 2.05) is 12.1 Å². The molecular weight excluding hydrogens is 414 g/mol. The van der Waals surface area contributed by atoms with Gasteiger partial charge in [0, 0.05) is 21.6 Å². The van der Waals surface area contributed by atoms with E-state index in [2.05, 4.69) is 4.98 Å². The smallest absolute Gasteiger partial charge is 0.315 e. The summed E-state index contributed by atoms with van der Waals surface area (Å²) in [4.78, 5) is 41.2. The number of carbonyl (C=O) groups is 2. The molecule has 2 saturated carbocycles. The van der Waals surface area contributed by atoms with E-state index < -0.39 is 23.8 Å². The van der Waals surface area contributed by atoms with Crippen LogP contribution >= 0.6 is 23.1 Å². The van der Waals surface area contributed by atoms with Crippen LogP contribution < -0.4 is 14.3 Å². The molecule has 2 fully saturated rings. The van der Waals surface area contributed by atoms with Gasteiger partial charge in [-0.05, 0) is 30.2 Å². The summed E-state index contributed by atoms with van der Waals surface area (Å²) in [5.41, 5.74) is 0.836. The number of carboxylic acids is 1. The molecule has 0 radical (unpaired) electrons. The standard InChI is InChI=1S/C20H17NO6S2/c1-26-9-4-2-3-6-10-11-7-5-8(15(11)28-17-16(10)29-20(25)21-17)12(18(22)23)13(7)19(24)27-14(6)9/h2-4,7-8,10-13,15H,5H2,1H3,(H,21,25)(H,22,23)/t7-,8+,10-,11+,12+,13+,15-/m0/s1. The van der Waals surface area contributed by atoms with Gasteiger partial charge in [-0.15, -0.1) is 11.8 Å². The summed E-state index contributed by atoms with van der Waals surface area (Å²) in [5, 5.41) is 10.8. The molecule has 2 N–H and O–H groups in total. The maximum atomic E-state index is 13.1. The number of carboxylic acid groups (broad SMARTS) is 1. The number of benzene rings is 1. The summed E-state index contributed by atoms with van der Waals surface area (Å²) < 4.78 is 11.3. The number of aromatic nitrogens is 1. The van der Waals surface area contributed by atoms with Crippen LogP contribution in [0.2, 0.25) is 0 Å². The number of thioether (sulfide) groups is 1. The van der Waals surface area contributed by atoms with E-state index in [0.29, 0.717) is 17.9 Å². The highest BCUT2D eigenvalue weighted by Crippen LogP contribution is 2.68. The second-order valence-electron chi connectivity index (χ2n) is 8.10. The second-order valence-corrected chi connectivity index (χ2v) is 10.3. The van der Waals surface area contributed by atoms with Gasteiger partial charge < -0.3 is 19.6 Å². The zero-order valence-electron chi connectivity index (χ0n) is 15.3. The van der Waals surface area contributed by atoms with E-state index in [-0.39, 0.29) is 33.8 Å². The molecule has 6 rings (SSSR count). The average Bonchev–Trinajstić information content (AvgIpc) is 3.35. The normalized spacial score (nSPS) is 35.9. The lowest BCUT2D eigenvalue weighted by atomic mass is 9.66. The van der Waals surface area contributed by atoms with Crippen LogP contribution in [0.1, 0.15) is 22.8 Å². The fraction of sp³-hybridized carbons (Fsp3) is 0.450. The van der Waals surface area contributed by atoms with Crippen LogP contribution in [0.5, 0.6) is 11.5 Å². The lowest BCUT2D eigenvalue weighted by molar-refractivity contribution is -0.156. The van der Waals surface area contributed by atoms with Gasteiger partial charge in [-0.3, -0.25) is 14.4 Å². The Morgan fingerprint density at radius 2 is 2.14 bits per heavy atom. The molecule has 2 aliphatic heterocycles. The largest absolute Gasteiger partial charge is 0.493 e. The second kappa shape index (κ2) is 5.89. The molecule has 29 heavy (non-hydrogen) atoms. The summed E-state index contributed by atoms with van der Waals surface area (Å²) >= 11 is 2.78. The molecule has 0 amide bonds. The third kappa shape index (κ3) is 2.17. The van der Waals surface area contributed by atoms with E-state index >= 15 is 0 Å². The molecule has 2 aromatic rings. The molecule has 4 aliphatic rings. The molecular formula is C20H17NO6S2. The van der Waals surface area contributed by atoms with Crippen molar-refractivity contribution in [1.29, 1.82) is 0 Å². The Bertz CT molecular complexity index is 1120. The Morgan fingerprint density at radius 3 is 2.90 bits per heavy atom. The quantitative estimate of drug-likeness (QED) is 0.556. The Hall–Kier alpha value is -2.26. The molecule has 2 aliphatic carbocycles. The molecule has 1 aromatic carbocycles. The van der Waals surface area contributed by atoms with Crippen molar-refractivity contribution in [2.45, 2.75) is 22.6 Å². The minimum absolute atomic E-state index is 0.0463. The Labute approximate surface area is 173 Å². The third-order valence-corrected chi connectivity index (χ3v) is 9.63. The predicted octanol–water partition coefficient (Wildman–Crippen LogP) is 2.55. The number of methoxy groups -OCH3 is 1. The van der Waals surface area contributed by atoms with Crippen molar-refractivity contribution in [3.63, 3.8) is 0 Å². The SMILES string of the molecule is COc1cccc2c1OC(=O)[C@@H]1[C@H]3C[C@@H]([C@@H]4Sc5[nH]c(=O)sc5[C@@H]2[C@@H]34)[C@H]1C(=O)O. The van der Waals surface area contributed by atoms with Crippen LogP contribution in [0.15, 0.2) is 28.0 Å². The zero-order chi connectivity index (χ0) is 20.0. The molecule has 150 valence electrons. The first kappa shape index (κ1) is 17.6. The van der Waals surface area contributed by atoms with Gasteiger partial charge in [0.25, 0.3) is 0 Å². The lowest BCUT2D eigenvalue weighted by Gasteiger charge is -2.45. The Kier molecular flexibility index (Phi) is 3.57. The summed E-state index contributed by atoms with van der Waals surface area (Å²) in [6.07, 6.45) is 0.702. The van der Waals surface area contributed by atoms with Gasteiger partial charge in [0.15, 0.2) is 11.5 Å². The van der Waals surface area contributed by atoms with E-state index in [1.54, 1.807) is 17.8 Å². The van der Waals surface area contributed by atoms with Gasteiger partial charge in [0.2, 0.25) is 0 Å². The van der Waals surface area contributed by atoms with Crippen molar-refractivity contribution < 1.29 is 24.2 Å². The topological polar surface area (TPSA) is 106 Å². The molecule has 0 unspecified atom stereocenters. The first-order valence-corrected chi connectivity index (χ1v) is 11.2. The highest BCUT2D eigenvalue weighted by molar-refractivity contribution is 8.00. The third-order valence-electron chi connectivity index (χ3n) is 7.04. The van der Waals surface area contributed by atoms with Crippen LogP contribution in [-0.4, -0.2) is 34.4 Å². The molecule has 7 atom stereocenters. The Morgan fingerprint density at radius 1 is 1.31 bits per heavy atom. The Balaban J connectivity index is 1.65. The van der Waals surface area contributed by atoms with Gasteiger partial charge in [0.05, 0.1) is 24.0 Å². The fourth-order valence-corrected chi connectivity index (χ4v) is 9.04. The highest BCUT2D eigenvalue weighted by atomic mass is 32.2. The molecule has 0 saturated heterocycles. The van der Waals surface area contributed by atoms with Crippen molar-refractivity contribution >= 4 is 35.0 Å². The van der Waals surface area contributed by atoms with E-state index in [4.69, 9.17) is 9.47 Å². The van der Waals surface area contributed by atoms with Crippen LogP contribution in [0.4, 0.5) is 0 Å². The zero-order valence-corrected chi connectivity index (χ0v) is 16.9. The number of nitrogens with one attached hydrogen (secondary N) is 1. The molecule has 3 heterocycles. The first-order valence-electron chi connectivity index (χ1n) is 9.50. The van der Waals surface area contributed by atoms with Gasteiger partial charge >= 0.3 is 16.8 Å². The molecule has 7 nitrogen and oxygen atoms in total. The number of hydrogen-bond acceptors (Lipinski definition) is 7. The number of thiazole rings is 1. The first-order chi connectivity index (χ1) is 14.0. The van der Waals surface area contributed by atoms with Crippen LogP contribution in [0, 0.1) is 29.6 Å². The van der Waals surface area contributed by atoms with Crippen LogP contribution in [0.25, 0.3) is 0 Å². The number of hydrogen-bond donors (Lipinski definition) is 2. The van der Waals surface area contributed by atoms with E-state index in [0.717, 1.165) is 15.5 Å². The van der Waals surface area contributed by atoms with E-state index in [1.165, 1.54) is 18.4 Å². The van der Waals surface area contributed by atoms with Crippen LogP contribution in [0.3, 0.4) is 0 Å². The van der Waals surface area contributed by atoms with Gasteiger partial charge in [0.1, 0.15) is 0 Å². The maximum Gasteiger partial charge on any atom is 0.315 e. The summed E-state index contributed by atoms with van der Waals surface area (Å²) in [5.74, 6) is -2.28. The van der Waals surface area contributed by atoms with Gasteiger partial charge in [-0.2, -0.15) is 0 Å². The van der Waals surface area contributed by atoms with Crippen molar-refractivity contribution in [1.82, 2.24) is 4.98 Å². The number of rotatable bonds is 2. The molecule has 1 aromatic heterocycles. The molecule has 9 heteroatoms. The fourth-order valence-electron chi connectivity index (χ4n) is 6.16. The molecule has 2 bridgehead atoms. The number of aliphatic carboxylic acids is 1. The minimum Gasteiger partial charge on any atom is -0.493 e. The predicted molar refractivity (Wildman–Crippen MR) is 105 cm³/mol. The van der Waals surface area contributed by atoms with Crippen molar-refractivity contribution in [3.8, 4) is 11.5 Å². The number of esters is 1. The maximum absolute atomic E-state index is 13.1. The van der Waals surface area contributed by atoms with Crippen molar-refractivity contribution in [2.24, 2.45) is 29.6 Å². The van der Waals surface area contributed by atoms with Crippen molar-refractivity contribution in [2.75, 3.05) is 7.11 Å². The molecule has 0 spiro atoms. The average molecular weight is 431 g/mol. The monoisotopic (exact) mass is 431 g/mol. The van der Waals surface area contributed by atoms with Crippen molar-refractivity contribution in [3.05, 3.63) is 38.3 Å². The number of para-hydroxylation sites is 1. The van der Waals surface area contributed by atoms with Gasteiger partial charge in [-0.1, -0.05) is 23.5 Å². The number of carbonyl (C=O) groups excluding carboxylic acids is 1. The minimum atomic E-state index is -0.944. The number of fused-ring (bicyclic) bond motifs is 6. The van der Waals surface area contributed by atoms with Crippen LogP contribution in [-0.2, 0) is 9.59 Å². The van der Waals surface area contributed by atoms with E-state index in [9.17, 15) is 19.5 Å². The van der Waals surface area contributed by atoms with Gasteiger partial charge in [-0.25, -0.2) is 0 Å². The number of aromatic amines is 1. The summed E-state index contributed by atoms with van der Waals surface area (Å²) in [6.45, 7) is 0. The summed E-state index contributed by atoms with van der Waals surface area (Å²) in [6, 6.07) is 5.52. The lowest BCUT2D eigenvalue weighted by Crippen LogP contribution is -2.49. The number of ether oxygens (including phenoxy) is 2. The summed E-state index contributed by atoms with van der Waals surface area (Å²) in [7, 11) is 1.51. The highest BCUT2D eigenvalue weighted by Gasteiger charge is 2.67.